The van der Waals surface area contributed by atoms with E-state index in [4.69, 9.17) is 4.52 Å². The standard InChI is InChI=1S/C20H18N4O3/c25-19(17-12-18(27-24-17)13-4-2-1-3-5-13)21-14-6-8-15(9-7-14)22-20(26)23-16-10-11-16/h1-9,12,16H,10-11H2,(H,21,25)(H2,22,23,26). The molecule has 3 N–H and O–H groups in total. The van der Waals surface area contributed by atoms with Crippen LogP contribution in [0.4, 0.5) is 16.2 Å². The lowest BCUT2D eigenvalue weighted by molar-refractivity contribution is 0.101. The third-order valence-corrected chi connectivity index (χ3v) is 4.11. The average Bonchev–Trinajstić information content (AvgIpc) is 3.34. The molecular formula is C20H18N4O3. The Morgan fingerprint density at radius 3 is 2.26 bits per heavy atom. The molecule has 3 aromatic rings. The fourth-order valence-electron chi connectivity index (χ4n) is 2.53. The van der Waals surface area contributed by atoms with Crippen LogP contribution in [-0.2, 0) is 0 Å². The van der Waals surface area contributed by atoms with E-state index in [2.05, 4.69) is 21.1 Å². The Hall–Kier alpha value is -3.61. The maximum atomic E-state index is 12.3. The van der Waals surface area contributed by atoms with Gasteiger partial charge in [0, 0.05) is 29.0 Å². The van der Waals surface area contributed by atoms with E-state index in [0.717, 1.165) is 18.4 Å². The Bertz CT molecular complexity index is 947. The van der Waals surface area contributed by atoms with Gasteiger partial charge in [-0.05, 0) is 37.1 Å². The number of benzene rings is 2. The van der Waals surface area contributed by atoms with Crippen LogP contribution in [0.2, 0.25) is 0 Å². The van der Waals surface area contributed by atoms with Gasteiger partial charge in [-0.2, -0.15) is 0 Å². The summed E-state index contributed by atoms with van der Waals surface area (Å²) in [4.78, 5) is 24.1. The molecule has 136 valence electrons. The average molecular weight is 362 g/mol. The molecule has 4 rings (SSSR count). The van der Waals surface area contributed by atoms with Crippen molar-refractivity contribution in [1.29, 1.82) is 0 Å². The van der Waals surface area contributed by atoms with Crippen molar-refractivity contribution in [2.24, 2.45) is 0 Å². The van der Waals surface area contributed by atoms with E-state index in [0.29, 0.717) is 23.2 Å². The first-order valence-electron chi connectivity index (χ1n) is 8.68. The van der Waals surface area contributed by atoms with Crippen LogP contribution in [0.15, 0.2) is 65.2 Å². The van der Waals surface area contributed by atoms with Crippen LogP contribution < -0.4 is 16.0 Å². The molecule has 1 saturated carbocycles. The molecule has 0 atom stereocenters. The molecule has 0 radical (unpaired) electrons. The normalized spacial score (nSPS) is 13.0. The van der Waals surface area contributed by atoms with E-state index in [1.54, 1.807) is 30.3 Å². The summed E-state index contributed by atoms with van der Waals surface area (Å²) in [7, 11) is 0. The van der Waals surface area contributed by atoms with E-state index in [1.807, 2.05) is 30.3 Å². The third-order valence-electron chi connectivity index (χ3n) is 4.11. The molecule has 27 heavy (non-hydrogen) atoms. The van der Waals surface area contributed by atoms with Gasteiger partial charge in [-0.3, -0.25) is 4.79 Å². The fraction of sp³-hybridized carbons (Fsp3) is 0.150. The SMILES string of the molecule is O=C(Nc1ccc(NC(=O)c2cc(-c3ccccc3)on2)cc1)NC1CC1. The van der Waals surface area contributed by atoms with Crippen molar-refractivity contribution in [3.05, 3.63) is 66.4 Å². The lowest BCUT2D eigenvalue weighted by atomic mass is 10.1. The zero-order chi connectivity index (χ0) is 18.6. The first kappa shape index (κ1) is 16.8. The lowest BCUT2D eigenvalue weighted by Crippen LogP contribution is -2.30. The highest BCUT2D eigenvalue weighted by atomic mass is 16.5. The van der Waals surface area contributed by atoms with Crippen LogP contribution in [0.3, 0.4) is 0 Å². The largest absolute Gasteiger partial charge is 0.355 e. The summed E-state index contributed by atoms with van der Waals surface area (Å²) >= 11 is 0. The van der Waals surface area contributed by atoms with Gasteiger partial charge in [-0.15, -0.1) is 0 Å². The summed E-state index contributed by atoms with van der Waals surface area (Å²) in [6.45, 7) is 0. The quantitative estimate of drug-likeness (QED) is 0.642. The summed E-state index contributed by atoms with van der Waals surface area (Å²) in [6.07, 6.45) is 2.07. The van der Waals surface area contributed by atoms with Crippen molar-refractivity contribution in [1.82, 2.24) is 10.5 Å². The first-order valence-corrected chi connectivity index (χ1v) is 8.68. The predicted molar refractivity (Wildman–Crippen MR) is 102 cm³/mol. The van der Waals surface area contributed by atoms with Crippen molar-refractivity contribution < 1.29 is 14.1 Å². The Kier molecular flexibility index (Phi) is 4.57. The second-order valence-corrected chi connectivity index (χ2v) is 6.35. The zero-order valence-corrected chi connectivity index (χ0v) is 14.4. The monoisotopic (exact) mass is 362 g/mol. The number of nitrogens with one attached hydrogen (secondary N) is 3. The number of hydrogen-bond acceptors (Lipinski definition) is 4. The molecule has 1 aliphatic carbocycles. The van der Waals surface area contributed by atoms with E-state index >= 15 is 0 Å². The third kappa shape index (κ3) is 4.33. The van der Waals surface area contributed by atoms with Crippen LogP contribution >= 0.6 is 0 Å². The Morgan fingerprint density at radius 2 is 1.59 bits per heavy atom. The molecule has 0 unspecified atom stereocenters. The molecule has 0 saturated heterocycles. The van der Waals surface area contributed by atoms with Crippen LogP contribution in [0, 0.1) is 0 Å². The molecule has 1 fully saturated rings. The van der Waals surface area contributed by atoms with Gasteiger partial charge in [0.25, 0.3) is 5.91 Å². The highest BCUT2D eigenvalue weighted by Gasteiger charge is 2.23. The number of urea groups is 1. The Morgan fingerprint density at radius 1 is 0.926 bits per heavy atom. The molecule has 1 heterocycles. The number of anilines is 2. The van der Waals surface area contributed by atoms with Crippen LogP contribution in [0.5, 0.6) is 0 Å². The maximum absolute atomic E-state index is 12.3. The second kappa shape index (κ2) is 7.33. The van der Waals surface area contributed by atoms with E-state index in [-0.39, 0.29) is 17.6 Å². The van der Waals surface area contributed by atoms with Crippen molar-refractivity contribution >= 4 is 23.3 Å². The number of amides is 3. The van der Waals surface area contributed by atoms with Crippen molar-refractivity contribution in [2.75, 3.05) is 10.6 Å². The molecule has 1 aromatic heterocycles. The minimum atomic E-state index is -0.367. The smallest absolute Gasteiger partial charge is 0.319 e. The molecule has 0 spiro atoms. The molecular weight excluding hydrogens is 344 g/mol. The van der Waals surface area contributed by atoms with Crippen molar-refractivity contribution in [2.45, 2.75) is 18.9 Å². The molecule has 0 bridgehead atoms. The number of carbonyl (C=O) groups is 2. The van der Waals surface area contributed by atoms with Crippen molar-refractivity contribution in [3.8, 4) is 11.3 Å². The number of aromatic nitrogens is 1. The zero-order valence-electron chi connectivity index (χ0n) is 14.4. The summed E-state index contributed by atoms with van der Waals surface area (Å²) < 4.78 is 5.24. The molecule has 7 nitrogen and oxygen atoms in total. The van der Waals surface area contributed by atoms with Crippen LogP contribution in [0.1, 0.15) is 23.3 Å². The lowest BCUT2D eigenvalue weighted by Gasteiger charge is -2.08. The van der Waals surface area contributed by atoms with Gasteiger partial charge in [-0.25, -0.2) is 4.79 Å². The van der Waals surface area contributed by atoms with E-state index < -0.39 is 0 Å². The minimum absolute atomic E-state index is 0.194. The summed E-state index contributed by atoms with van der Waals surface area (Å²) in [5.74, 6) is 0.162. The second-order valence-electron chi connectivity index (χ2n) is 6.35. The highest BCUT2D eigenvalue weighted by Crippen LogP contribution is 2.21. The van der Waals surface area contributed by atoms with Gasteiger partial charge in [-0.1, -0.05) is 35.5 Å². The molecule has 3 amide bonds. The summed E-state index contributed by atoms with van der Waals surface area (Å²) in [5, 5.41) is 12.2. The van der Waals surface area contributed by atoms with Gasteiger partial charge in [0.05, 0.1) is 0 Å². The summed E-state index contributed by atoms with van der Waals surface area (Å²) in [5.41, 5.74) is 2.29. The molecule has 1 aliphatic rings. The van der Waals surface area contributed by atoms with Crippen LogP contribution in [0.25, 0.3) is 11.3 Å². The number of nitrogens with zero attached hydrogens (tertiary/aromatic N) is 1. The minimum Gasteiger partial charge on any atom is -0.355 e. The van der Waals surface area contributed by atoms with E-state index in [1.165, 1.54) is 0 Å². The fourth-order valence-corrected chi connectivity index (χ4v) is 2.53. The van der Waals surface area contributed by atoms with Gasteiger partial charge in [0.2, 0.25) is 0 Å². The predicted octanol–water partition coefficient (Wildman–Crippen LogP) is 3.88. The van der Waals surface area contributed by atoms with Gasteiger partial charge >= 0.3 is 6.03 Å². The van der Waals surface area contributed by atoms with Crippen LogP contribution in [-0.4, -0.2) is 23.1 Å². The molecule has 7 heteroatoms. The highest BCUT2D eigenvalue weighted by molar-refractivity contribution is 6.03. The van der Waals surface area contributed by atoms with Gasteiger partial charge < -0.3 is 20.5 Å². The number of hydrogen-bond donors (Lipinski definition) is 3. The number of carbonyl (C=O) groups excluding carboxylic acids is 2. The van der Waals surface area contributed by atoms with E-state index in [9.17, 15) is 9.59 Å². The summed E-state index contributed by atoms with van der Waals surface area (Å²) in [6, 6.07) is 18.0. The Balaban J connectivity index is 1.36. The number of rotatable bonds is 5. The topological polar surface area (TPSA) is 96.3 Å². The molecule has 2 aromatic carbocycles. The van der Waals surface area contributed by atoms with Gasteiger partial charge in [0.15, 0.2) is 11.5 Å². The molecule has 0 aliphatic heterocycles. The maximum Gasteiger partial charge on any atom is 0.319 e. The van der Waals surface area contributed by atoms with Crippen molar-refractivity contribution in [3.63, 3.8) is 0 Å². The Labute approximate surface area is 155 Å². The van der Waals surface area contributed by atoms with Gasteiger partial charge in [0.1, 0.15) is 0 Å². The first-order chi connectivity index (χ1) is 13.2.